The fourth-order valence-corrected chi connectivity index (χ4v) is 1.72. The minimum absolute atomic E-state index is 0. The van der Waals surface area contributed by atoms with Gasteiger partial charge in [0.25, 0.3) is 5.91 Å². The second-order valence-electron chi connectivity index (χ2n) is 4.26. The van der Waals surface area contributed by atoms with Crippen LogP contribution in [0.5, 0.6) is 0 Å². The average molecular weight is 287 g/mol. The van der Waals surface area contributed by atoms with Crippen LogP contribution in [0, 0.1) is 0 Å². The molecule has 0 unspecified atom stereocenters. The average Bonchev–Trinajstić information content (AvgIpc) is 2.38. The first kappa shape index (κ1) is 17.7. The van der Waals surface area contributed by atoms with Gasteiger partial charge in [-0.15, -0.1) is 12.4 Å². The topological polar surface area (TPSA) is 55.6 Å². The Morgan fingerprint density at radius 1 is 1.37 bits per heavy atom. The summed E-state index contributed by atoms with van der Waals surface area (Å²) in [7, 11) is 1.64. The number of methoxy groups -OCH3 is 1. The van der Waals surface area contributed by atoms with Crippen molar-refractivity contribution in [3.63, 3.8) is 0 Å². The number of amides is 1. The van der Waals surface area contributed by atoms with Crippen molar-refractivity contribution in [1.82, 2.24) is 4.90 Å². The Kier molecular flexibility index (Phi) is 9.00. The van der Waals surface area contributed by atoms with Gasteiger partial charge in [-0.2, -0.15) is 0 Å². The van der Waals surface area contributed by atoms with Crippen molar-refractivity contribution in [1.29, 1.82) is 0 Å². The minimum Gasteiger partial charge on any atom is -0.399 e. The fourth-order valence-electron chi connectivity index (χ4n) is 1.72. The van der Waals surface area contributed by atoms with Gasteiger partial charge >= 0.3 is 0 Å². The van der Waals surface area contributed by atoms with Crippen molar-refractivity contribution in [2.75, 3.05) is 32.5 Å². The summed E-state index contributed by atoms with van der Waals surface area (Å²) < 4.78 is 5.04. The van der Waals surface area contributed by atoms with E-state index in [1.54, 1.807) is 31.4 Å². The summed E-state index contributed by atoms with van der Waals surface area (Å²) in [5.74, 6) is 0.0211. The second kappa shape index (κ2) is 9.64. The summed E-state index contributed by atoms with van der Waals surface area (Å²) in [4.78, 5) is 14.1. The Balaban J connectivity index is 0.00000324. The van der Waals surface area contributed by atoms with Gasteiger partial charge in [-0.3, -0.25) is 4.79 Å². The summed E-state index contributed by atoms with van der Waals surface area (Å²) in [6.45, 7) is 4.04. The summed E-state index contributed by atoms with van der Waals surface area (Å²) in [6, 6.07) is 7.09. The van der Waals surface area contributed by atoms with Crippen LogP contribution in [0.2, 0.25) is 0 Å². The molecule has 0 saturated carbocycles. The number of nitrogens with zero attached hydrogens (tertiary/aromatic N) is 1. The Morgan fingerprint density at radius 2 is 2.11 bits per heavy atom. The predicted octanol–water partition coefficient (Wildman–Crippen LogP) is 2.58. The highest BCUT2D eigenvalue weighted by Crippen LogP contribution is 2.10. The van der Waals surface area contributed by atoms with E-state index >= 15 is 0 Å². The Bertz CT molecular complexity index is 377. The van der Waals surface area contributed by atoms with E-state index in [2.05, 4.69) is 6.92 Å². The lowest BCUT2D eigenvalue weighted by Gasteiger charge is -2.22. The van der Waals surface area contributed by atoms with Crippen LogP contribution in [0.4, 0.5) is 5.69 Å². The molecule has 0 radical (unpaired) electrons. The van der Waals surface area contributed by atoms with Crippen molar-refractivity contribution >= 4 is 24.0 Å². The number of halogens is 1. The van der Waals surface area contributed by atoms with Crippen LogP contribution in [0.25, 0.3) is 0 Å². The van der Waals surface area contributed by atoms with Gasteiger partial charge in [0.2, 0.25) is 0 Å². The Hall–Kier alpha value is -1.26. The maximum atomic E-state index is 12.3. The molecule has 1 aromatic carbocycles. The highest BCUT2D eigenvalue weighted by atomic mass is 35.5. The lowest BCUT2D eigenvalue weighted by atomic mass is 10.1. The van der Waals surface area contributed by atoms with Gasteiger partial charge in [0.15, 0.2) is 0 Å². The standard InChI is InChI=1S/C14H22N2O2.ClH/c1-3-4-8-16(9-10-18-2)14(17)12-6-5-7-13(15)11-12;/h5-7,11H,3-4,8-10,15H2,1-2H3;1H. The van der Waals surface area contributed by atoms with E-state index in [4.69, 9.17) is 10.5 Å². The first-order valence-electron chi connectivity index (χ1n) is 6.32. The quantitative estimate of drug-likeness (QED) is 0.784. The van der Waals surface area contributed by atoms with Crippen LogP contribution in [0.3, 0.4) is 0 Å². The molecule has 1 amide bonds. The highest BCUT2D eigenvalue weighted by molar-refractivity contribution is 5.95. The minimum atomic E-state index is 0. The van der Waals surface area contributed by atoms with Crippen LogP contribution in [-0.4, -0.2) is 37.6 Å². The van der Waals surface area contributed by atoms with Gasteiger partial charge in [0.05, 0.1) is 6.61 Å². The van der Waals surface area contributed by atoms with Gasteiger partial charge in [0.1, 0.15) is 0 Å². The van der Waals surface area contributed by atoms with E-state index in [-0.39, 0.29) is 18.3 Å². The number of nitrogens with two attached hydrogens (primary N) is 1. The Morgan fingerprint density at radius 3 is 2.68 bits per heavy atom. The molecule has 5 heteroatoms. The van der Waals surface area contributed by atoms with E-state index < -0.39 is 0 Å². The second-order valence-corrected chi connectivity index (χ2v) is 4.26. The van der Waals surface area contributed by atoms with Crippen LogP contribution in [0.1, 0.15) is 30.1 Å². The maximum absolute atomic E-state index is 12.3. The van der Waals surface area contributed by atoms with Crippen molar-refractivity contribution in [3.05, 3.63) is 29.8 Å². The smallest absolute Gasteiger partial charge is 0.254 e. The van der Waals surface area contributed by atoms with E-state index in [0.29, 0.717) is 24.4 Å². The molecule has 0 aliphatic carbocycles. The molecule has 0 atom stereocenters. The molecule has 1 rings (SSSR count). The van der Waals surface area contributed by atoms with Gasteiger partial charge in [-0.25, -0.2) is 0 Å². The van der Waals surface area contributed by atoms with Crippen LogP contribution in [0.15, 0.2) is 24.3 Å². The van der Waals surface area contributed by atoms with Gasteiger partial charge < -0.3 is 15.4 Å². The molecule has 1 aromatic rings. The van der Waals surface area contributed by atoms with E-state index in [1.807, 2.05) is 4.90 Å². The van der Waals surface area contributed by atoms with Crippen molar-refractivity contribution in [2.24, 2.45) is 0 Å². The molecule has 19 heavy (non-hydrogen) atoms. The zero-order valence-corrected chi connectivity index (χ0v) is 12.4. The summed E-state index contributed by atoms with van der Waals surface area (Å²) >= 11 is 0. The lowest BCUT2D eigenvalue weighted by Crippen LogP contribution is -2.34. The molecular weight excluding hydrogens is 264 g/mol. The third-order valence-corrected chi connectivity index (χ3v) is 2.77. The van der Waals surface area contributed by atoms with Crippen molar-refractivity contribution in [3.8, 4) is 0 Å². The first-order chi connectivity index (χ1) is 8.69. The monoisotopic (exact) mass is 286 g/mol. The SMILES string of the molecule is CCCCN(CCOC)C(=O)c1cccc(N)c1.Cl. The molecule has 0 aromatic heterocycles. The number of nitrogen functional groups attached to an aromatic ring is 1. The van der Waals surface area contributed by atoms with Gasteiger partial charge in [-0.1, -0.05) is 19.4 Å². The normalized spacial score (nSPS) is 9.79. The zero-order valence-electron chi connectivity index (χ0n) is 11.6. The number of ether oxygens (including phenoxy) is 1. The molecule has 0 fully saturated rings. The maximum Gasteiger partial charge on any atom is 0.254 e. The van der Waals surface area contributed by atoms with Gasteiger partial charge in [0, 0.05) is 31.5 Å². The van der Waals surface area contributed by atoms with Crippen LogP contribution in [-0.2, 0) is 4.74 Å². The largest absolute Gasteiger partial charge is 0.399 e. The molecule has 0 saturated heterocycles. The summed E-state index contributed by atoms with van der Waals surface area (Å²) in [5, 5.41) is 0. The molecule has 0 heterocycles. The van der Waals surface area contributed by atoms with E-state index in [0.717, 1.165) is 19.4 Å². The molecular formula is C14H23ClN2O2. The third kappa shape index (κ3) is 5.94. The Labute approximate surface area is 121 Å². The number of hydrogen-bond acceptors (Lipinski definition) is 3. The molecule has 4 nitrogen and oxygen atoms in total. The lowest BCUT2D eigenvalue weighted by molar-refractivity contribution is 0.0693. The third-order valence-electron chi connectivity index (χ3n) is 2.77. The number of unbranched alkanes of at least 4 members (excludes halogenated alkanes) is 1. The molecule has 0 aliphatic heterocycles. The molecule has 0 bridgehead atoms. The summed E-state index contributed by atoms with van der Waals surface area (Å²) in [6.07, 6.45) is 2.06. The molecule has 0 spiro atoms. The van der Waals surface area contributed by atoms with Crippen molar-refractivity contribution < 1.29 is 9.53 Å². The number of carbonyl (C=O) groups excluding carboxylic acids is 1. The zero-order chi connectivity index (χ0) is 13.4. The fraction of sp³-hybridized carbons (Fsp3) is 0.500. The van der Waals surface area contributed by atoms with Crippen LogP contribution >= 0.6 is 12.4 Å². The highest BCUT2D eigenvalue weighted by Gasteiger charge is 2.14. The first-order valence-corrected chi connectivity index (χ1v) is 6.32. The van der Waals surface area contributed by atoms with E-state index in [1.165, 1.54) is 0 Å². The van der Waals surface area contributed by atoms with Gasteiger partial charge in [-0.05, 0) is 24.6 Å². The number of benzene rings is 1. The number of anilines is 1. The number of rotatable bonds is 7. The van der Waals surface area contributed by atoms with E-state index in [9.17, 15) is 4.79 Å². The molecule has 2 N–H and O–H groups in total. The van der Waals surface area contributed by atoms with Crippen molar-refractivity contribution in [2.45, 2.75) is 19.8 Å². The molecule has 0 aliphatic rings. The summed E-state index contributed by atoms with van der Waals surface area (Å²) in [5.41, 5.74) is 6.96. The molecule has 108 valence electrons. The number of carbonyl (C=O) groups is 1. The predicted molar refractivity (Wildman–Crippen MR) is 80.8 cm³/mol. The van der Waals surface area contributed by atoms with Crippen LogP contribution < -0.4 is 5.73 Å². The number of hydrogen-bond donors (Lipinski definition) is 1.